The first-order chi connectivity index (χ1) is 10.7. The highest BCUT2D eigenvalue weighted by Crippen LogP contribution is 2.27. The third-order valence-electron chi connectivity index (χ3n) is 4.03. The number of carbonyl (C=O) groups is 1. The fourth-order valence-corrected chi connectivity index (χ4v) is 3.54. The number of rotatable bonds is 8. The van der Waals surface area contributed by atoms with Crippen molar-refractivity contribution in [3.63, 3.8) is 0 Å². The number of hydrogen-bond acceptors (Lipinski definition) is 5. The zero-order valence-electron chi connectivity index (χ0n) is 12.9. The van der Waals surface area contributed by atoms with Crippen molar-refractivity contribution in [3.8, 4) is 0 Å². The Morgan fingerprint density at radius 1 is 1.50 bits per heavy atom. The third-order valence-corrected chi connectivity index (χ3v) is 4.99. The Bertz CT molecular complexity index is 489. The molecule has 1 aromatic heterocycles. The van der Waals surface area contributed by atoms with Crippen LogP contribution >= 0.6 is 11.3 Å². The minimum Gasteiger partial charge on any atom is -0.393 e. The number of thiazole rings is 1. The maximum absolute atomic E-state index is 12.0. The molecule has 2 atom stereocenters. The number of aromatic nitrogens is 1. The van der Waals surface area contributed by atoms with Gasteiger partial charge in [-0.05, 0) is 31.6 Å². The molecule has 1 fully saturated rings. The number of carbonyl (C=O) groups excluding carboxylic acids is 1. The normalized spacial score (nSPS) is 21.3. The van der Waals surface area contributed by atoms with Gasteiger partial charge >= 0.3 is 0 Å². The molecule has 0 spiro atoms. The predicted octanol–water partition coefficient (Wildman–Crippen LogP) is 2.80. The van der Waals surface area contributed by atoms with Gasteiger partial charge in [0.05, 0.1) is 12.3 Å². The Hall–Kier alpha value is -1.40. The standard InChI is InChI=1S/C16H25N3O2S/c1-2-9-18-16-19-11-14(22-16)15(21)17-10-5-7-12-6-3-4-8-13(12)20/h2,11-13,20H,1,3-10H2,(H,17,21)(H,18,19). The van der Waals surface area contributed by atoms with E-state index in [0.717, 1.165) is 37.2 Å². The molecule has 0 saturated heterocycles. The third kappa shape index (κ3) is 5.10. The minimum absolute atomic E-state index is 0.0756. The monoisotopic (exact) mass is 323 g/mol. The molecule has 1 aliphatic carbocycles. The first-order valence-corrected chi connectivity index (χ1v) is 8.79. The van der Waals surface area contributed by atoms with E-state index in [1.807, 2.05) is 0 Å². The second-order valence-electron chi connectivity index (χ2n) is 5.71. The summed E-state index contributed by atoms with van der Waals surface area (Å²) >= 11 is 1.35. The summed E-state index contributed by atoms with van der Waals surface area (Å²) < 4.78 is 0. The number of nitrogens with one attached hydrogen (secondary N) is 2. The van der Waals surface area contributed by atoms with Gasteiger partial charge < -0.3 is 15.7 Å². The molecule has 3 N–H and O–H groups in total. The summed E-state index contributed by atoms with van der Waals surface area (Å²) in [6.45, 7) is 4.91. The highest BCUT2D eigenvalue weighted by atomic mass is 32.1. The van der Waals surface area contributed by atoms with Gasteiger partial charge in [0, 0.05) is 13.1 Å². The van der Waals surface area contributed by atoms with Gasteiger partial charge in [-0.25, -0.2) is 4.98 Å². The maximum atomic E-state index is 12.0. The average molecular weight is 323 g/mol. The van der Waals surface area contributed by atoms with Crippen molar-refractivity contribution in [2.75, 3.05) is 18.4 Å². The summed E-state index contributed by atoms with van der Waals surface area (Å²) in [6.07, 6.45) is 9.49. The Kier molecular flexibility index (Phi) is 6.86. The van der Waals surface area contributed by atoms with E-state index in [4.69, 9.17) is 0 Å². The van der Waals surface area contributed by atoms with Crippen molar-refractivity contribution in [3.05, 3.63) is 23.7 Å². The fraction of sp³-hybridized carbons (Fsp3) is 0.625. The highest BCUT2D eigenvalue weighted by molar-refractivity contribution is 7.17. The number of anilines is 1. The molecule has 5 nitrogen and oxygen atoms in total. The molecule has 2 rings (SSSR count). The van der Waals surface area contributed by atoms with E-state index in [2.05, 4.69) is 22.2 Å². The summed E-state index contributed by atoms with van der Waals surface area (Å²) in [5, 5.41) is 16.6. The largest absolute Gasteiger partial charge is 0.393 e. The zero-order valence-corrected chi connectivity index (χ0v) is 13.7. The predicted molar refractivity (Wildman–Crippen MR) is 90.3 cm³/mol. The van der Waals surface area contributed by atoms with Crippen molar-refractivity contribution in [1.29, 1.82) is 0 Å². The van der Waals surface area contributed by atoms with Crippen LogP contribution < -0.4 is 10.6 Å². The van der Waals surface area contributed by atoms with E-state index >= 15 is 0 Å². The first-order valence-electron chi connectivity index (χ1n) is 7.97. The number of aliphatic hydroxyl groups is 1. The average Bonchev–Trinajstić information content (AvgIpc) is 3.00. The second-order valence-corrected chi connectivity index (χ2v) is 6.74. The smallest absolute Gasteiger partial charge is 0.263 e. The van der Waals surface area contributed by atoms with Gasteiger partial charge in [-0.1, -0.05) is 30.3 Å². The molecule has 1 aliphatic rings. The van der Waals surface area contributed by atoms with E-state index in [1.165, 1.54) is 17.8 Å². The van der Waals surface area contributed by atoms with E-state index < -0.39 is 0 Å². The van der Waals surface area contributed by atoms with Gasteiger partial charge in [-0.3, -0.25) is 4.79 Å². The van der Waals surface area contributed by atoms with Gasteiger partial charge in [0.1, 0.15) is 4.88 Å². The Balaban J connectivity index is 1.66. The summed E-state index contributed by atoms with van der Waals surface area (Å²) in [5.41, 5.74) is 0. The molecular weight excluding hydrogens is 298 g/mol. The van der Waals surface area contributed by atoms with Crippen LogP contribution in [-0.4, -0.2) is 35.2 Å². The number of nitrogens with zero attached hydrogens (tertiary/aromatic N) is 1. The van der Waals surface area contributed by atoms with Gasteiger partial charge in [0.2, 0.25) is 0 Å². The van der Waals surface area contributed by atoms with Gasteiger partial charge in [0.25, 0.3) is 5.91 Å². The van der Waals surface area contributed by atoms with Crippen LogP contribution in [0.4, 0.5) is 5.13 Å². The number of aliphatic hydroxyl groups excluding tert-OH is 1. The quantitative estimate of drug-likeness (QED) is 0.508. The van der Waals surface area contributed by atoms with Crippen LogP contribution in [0, 0.1) is 5.92 Å². The summed E-state index contributed by atoms with van der Waals surface area (Å²) in [6, 6.07) is 0. The second kappa shape index (κ2) is 8.90. The Morgan fingerprint density at radius 3 is 3.09 bits per heavy atom. The summed E-state index contributed by atoms with van der Waals surface area (Å²) in [5.74, 6) is 0.331. The van der Waals surface area contributed by atoms with Crippen LogP contribution in [0.15, 0.2) is 18.9 Å². The Morgan fingerprint density at radius 2 is 2.32 bits per heavy atom. The SMILES string of the molecule is C=CCNc1ncc(C(=O)NCCCC2CCCCC2O)s1. The molecule has 1 amide bonds. The van der Waals surface area contributed by atoms with E-state index in [9.17, 15) is 9.90 Å². The Labute approximate surface area is 135 Å². The fourth-order valence-electron chi connectivity index (χ4n) is 2.80. The van der Waals surface area contributed by atoms with Gasteiger partial charge in [0.15, 0.2) is 5.13 Å². The number of amides is 1. The minimum atomic E-state index is -0.149. The van der Waals surface area contributed by atoms with Crippen LogP contribution in [0.3, 0.4) is 0 Å². The van der Waals surface area contributed by atoms with Crippen molar-refractivity contribution in [2.24, 2.45) is 5.92 Å². The first kappa shape index (κ1) is 17.0. The molecule has 1 aromatic rings. The molecule has 0 aliphatic heterocycles. The van der Waals surface area contributed by atoms with Gasteiger partial charge in [-0.2, -0.15) is 0 Å². The van der Waals surface area contributed by atoms with E-state index in [0.29, 0.717) is 23.9 Å². The molecule has 0 radical (unpaired) electrons. The molecule has 122 valence electrons. The molecule has 6 heteroatoms. The summed E-state index contributed by atoms with van der Waals surface area (Å²) in [7, 11) is 0. The molecule has 0 bridgehead atoms. The molecule has 22 heavy (non-hydrogen) atoms. The molecule has 1 heterocycles. The maximum Gasteiger partial charge on any atom is 0.263 e. The molecule has 0 aromatic carbocycles. The van der Waals surface area contributed by atoms with Gasteiger partial charge in [-0.15, -0.1) is 6.58 Å². The molecular formula is C16H25N3O2S. The lowest BCUT2D eigenvalue weighted by Crippen LogP contribution is -2.27. The van der Waals surface area contributed by atoms with Crippen LogP contribution in [0.5, 0.6) is 0 Å². The van der Waals surface area contributed by atoms with Crippen molar-refractivity contribution in [1.82, 2.24) is 10.3 Å². The lowest BCUT2D eigenvalue weighted by Gasteiger charge is -2.27. The lowest BCUT2D eigenvalue weighted by atomic mass is 9.83. The van der Waals surface area contributed by atoms with Crippen molar-refractivity contribution in [2.45, 2.75) is 44.6 Å². The summed E-state index contributed by atoms with van der Waals surface area (Å²) in [4.78, 5) is 16.8. The van der Waals surface area contributed by atoms with Crippen LogP contribution in [-0.2, 0) is 0 Å². The van der Waals surface area contributed by atoms with Crippen LogP contribution in [0.25, 0.3) is 0 Å². The van der Waals surface area contributed by atoms with Crippen molar-refractivity contribution < 1.29 is 9.90 Å². The molecule has 2 unspecified atom stereocenters. The lowest BCUT2D eigenvalue weighted by molar-refractivity contribution is 0.0641. The van der Waals surface area contributed by atoms with E-state index in [1.54, 1.807) is 12.3 Å². The topological polar surface area (TPSA) is 74.2 Å². The molecule has 1 saturated carbocycles. The number of hydrogen-bond donors (Lipinski definition) is 3. The zero-order chi connectivity index (χ0) is 15.8. The van der Waals surface area contributed by atoms with Crippen LogP contribution in [0.1, 0.15) is 48.2 Å². The highest BCUT2D eigenvalue weighted by Gasteiger charge is 2.22. The van der Waals surface area contributed by atoms with Crippen LogP contribution in [0.2, 0.25) is 0 Å². The van der Waals surface area contributed by atoms with E-state index in [-0.39, 0.29) is 12.0 Å². The van der Waals surface area contributed by atoms with Crippen molar-refractivity contribution >= 4 is 22.4 Å².